The minimum absolute atomic E-state index is 0. The zero-order chi connectivity index (χ0) is 6.78. The Hall–Kier alpha value is 1.24. The van der Waals surface area contributed by atoms with Crippen LogP contribution in [0.1, 0.15) is 0 Å². The summed E-state index contributed by atoms with van der Waals surface area (Å²) in [6.07, 6.45) is 0. The van der Waals surface area contributed by atoms with E-state index in [0.29, 0.717) is 0 Å². The van der Waals surface area contributed by atoms with Crippen LogP contribution >= 0.6 is 0 Å². The van der Waals surface area contributed by atoms with Gasteiger partial charge in [0.15, 0.2) is 0 Å². The molecule has 0 bridgehead atoms. The normalized spacial score (nSPS) is 14.0. The van der Waals surface area contributed by atoms with Gasteiger partial charge in [-0.3, -0.25) is 9.11 Å². The molecule has 0 aliphatic carbocycles. The molecule has 0 aromatic carbocycles. The monoisotopic (exact) mass is 204 g/mol. The van der Waals surface area contributed by atoms with Crippen molar-refractivity contribution in [3.8, 4) is 0 Å². The molecule has 2 N–H and O–H groups in total. The molecular formula is H4CaO6S2. The van der Waals surface area contributed by atoms with Crippen molar-refractivity contribution < 1.29 is 25.4 Å². The van der Waals surface area contributed by atoms with E-state index in [1.54, 1.807) is 0 Å². The van der Waals surface area contributed by atoms with Crippen molar-refractivity contribution in [2.24, 2.45) is 0 Å². The van der Waals surface area contributed by atoms with Gasteiger partial charge in [-0.05, 0) is 0 Å². The summed E-state index contributed by atoms with van der Waals surface area (Å²) in [5.41, 5.74) is 0. The van der Waals surface area contributed by atoms with Crippen LogP contribution in [0, 0.1) is 0 Å². The molecule has 0 aliphatic heterocycles. The Kier molecular flexibility index (Phi) is 7.10. The first kappa shape index (κ1) is 12.9. The SMILES string of the molecule is O=S(O)OS(=O)(=O)O.[CaH2]. The second kappa shape index (κ2) is 4.97. The molecule has 0 amide bonds. The molecule has 0 heterocycles. The van der Waals surface area contributed by atoms with Crippen molar-refractivity contribution in [3.05, 3.63) is 0 Å². The van der Waals surface area contributed by atoms with Crippen LogP contribution in [0.25, 0.3) is 0 Å². The van der Waals surface area contributed by atoms with Crippen LogP contribution < -0.4 is 0 Å². The second-order valence-corrected chi connectivity index (χ2v) is 2.55. The molecule has 0 saturated heterocycles. The fourth-order valence-corrected chi connectivity index (χ4v) is 0.662. The van der Waals surface area contributed by atoms with Crippen molar-refractivity contribution in [1.29, 1.82) is 0 Å². The molecule has 0 aromatic rings. The average Bonchev–Trinajstić information content (AvgIpc) is 1.21. The first-order valence-corrected chi connectivity index (χ1v) is 3.60. The summed E-state index contributed by atoms with van der Waals surface area (Å²) >= 11 is -2.97. The predicted molar refractivity (Wildman–Crippen MR) is 31.9 cm³/mol. The first-order chi connectivity index (χ1) is 3.42. The van der Waals surface area contributed by atoms with Gasteiger partial charge in [-0.25, -0.2) is 0 Å². The van der Waals surface area contributed by atoms with E-state index in [2.05, 4.69) is 3.63 Å². The summed E-state index contributed by atoms with van der Waals surface area (Å²) in [7, 11) is -4.77. The molecule has 0 spiro atoms. The molecule has 0 fully saturated rings. The fraction of sp³-hybridized carbons (Fsp3) is 0. The fourth-order valence-electron chi connectivity index (χ4n) is 0.0736. The maximum absolute atomic E-state index is 9.42. The van der Waals surface area contributed by atoms with E-state index in [-0.39, 0.29) is 37.7 Å². The van der Waals surface area contributed by atoms with Crippen molar-refractivity contribution in [2.75, 3.05) is 0 Å². The molecule has 1 unspecified atom stereocenters. The van der Waals surface area contributed by atoms with E-state index >= 15 is 0 Å². The quantitative estimate of drug-likeness (QED) is 0.307. The standard InChI is InChI=1S/Ca.H2O6S2.2H/c;1-7(2)6-8(3,4)5;;/h;(H,1,2)(H,3,4,5);;. The van der Waals surface area contributed by atoms with E-state index in [4.69, 9.17) is 9.11 Å². The van der Waals surface area contributed by atoms with E-state index in [1.807, 2.05) is 0 Å². The molecule has 1 atom stereocenters. The topological polar surface area (TPSA) is 101 Å². The van der Waals surface area contributed by atoms with Gasteiger partial charge in [0.25, 0.3) is 0 Å². The van der Waals surface area contributed by atoms with Crippen molar-refractivity contribution in [1.82, 2.24) is 0 Å². The Labute approximate surface area is 84.0 Å². The first-order valence-electron chi connectivity index (χ1n) is 1.20. The van der Waals surface area contributed by atoms with Gasteiger partial charge < -0.3 is 0 Å². The molecule has 0 saturated carbocycles. The predicted octanol–water partition coefficient (Wildman–Crippen LogP) is -1.97. The van der Waals surface area contributed by atoms with Crippen LogP contribution in [0.3, 0.4) is 0 Å². The van der Waals surface area contributed by atoms with Gasteiger partial charge in [-0.15, -0.1) is 3.63 Å². The van der Waals surface area contributed by atoms with E-state index in [9.17, 15) is 12.6 Å². The van der Waals surface area contributed by atoms with Gasteiger partial charge in [-0.2, -0.15) is 12.6 Å². The van der Waals surface area contributed by atoms with Crippen LogP contribution in [-0.4, -0.2) is 59.5 Å². The Morgan fingerprint density at radius 2 is 1.78 bits per heavy atom. The molecule has 0 rings (SSSR count). The van der Waals surface area contributed by atoms with Gasteiger partial charge in [0.05, 0.1) is 0 Å². The molecule has 9 heteroatoms. The van der Waals surface area contributed by atoms with E-state index in [0.717, 1.165) is 0 Å². The number of hydrogen-bond acceptors (Lipinski definition) is 4. The third kappa shape index (κ3) is 12.4. The minimum atomic E-state index is -4.77. The molecule has 9 heavy (non-hydrogen) atoms. The molecule has 0 aromatic heterocycles. The molecule has 0 aliphatic rings. The summed E-state index contributed by atoms with van der Waals surface area (Å²) < 4.78 is 46.4. The van der Waals surface area contributed by atoms with E-state index < -0.39 is 21.8 Å². The van der Waals surface area contributed by atoms with Crippen molar-refractivity contribution >= 4 is 59.5 Å². The average molecular weight is 204 g/mol. The van der Waals surface area contributed by atoms with Gasteiger partial charge in [0.1, 0.15) is 0 Å². The summed E-state index contributed by atoms with van der Waals surface area (Å²) in [5, 5.41) is 0. The van der Waals surface area contributed by atoms with Crippen LogP contribution in [0.2, 0.25) is 0 Å². The molecule has 6 nitrogen and oxygen atoms in total. The number of hydrogen-bond donors (Lipinski definition) is 2. The zero-order valence-corrected chi connectivity index (χ0v) is 4.98. The Balaban J connectivity index is 0. The van der Waals surface area contributed by atoms with Gasteiger partial charge >= 0.3 is 59.5 Å². The van der Waals surface area contributed by atoms with Gasteiger partial charge in [-0.1, -0.05) is 0 Å². The summed E-state index contributed by atoms with van der Waals surface area (Å²) in [6.45, 7) is 0. The van der Waals surface area contributed by atoms with Crippen LogP contribution in [0.5, 0.6) is 0 Å². The Morgan fingerprint density at radius 3 is 1.78 bits per heavy atom. The molecule has 54 valence electrons. The number of rotatable bonds is 2. The van der Waals surface area contributed by atoms with Crippen molar-refractivity contribution in [3.63, 3.8) is 0 Å². The Bertz CT molecular complexity index is 177. The van der Waals surface area contributed by atoms with E-state index in [1.165, 1.54) is 0 Å². The molecular weight excluding hydrogens is 200 g/mol. The van der Waals surface area contributed by atoms with Gasteiger partial charge in [0, 0.05) is 0 Å². The van der Waals surface area contributed by atoms with Crippen LogP contribution in [0.15, 0.2) is 0 Å². The zero-order valence-electron chi connectivity index (χ0n) is 3.34. The van der Waals surface area contributed by atoms with Crippen molar-refractivity contribution in [2.45, 2.75) is 0 Å². The summed E-state index contributed by atoms with van der Waals surface area (Å²) in [5.74, 6) is 0. The third-order valence-corrected chi connectivity index (χ3v) is 1.30. The van der Waals surface area contributed by atoms with Crippen LogP contribution in [-0.2, 0) is 25.4 Å². The van der Waals surface area contributed by atoms with Crippen LogP contribution in [0.4, 0.5) is 0 Å². The third-order valence-electron chi connectivity index (χ3n) is 0.144. The maximum atomic E-state index is 9.42. The second-order valence-electron chi connectivity index (χ2n) is 0.713. The Morgan fingerprint density at radius 1 is 1.44 bits per heavy atom. The summed E-state index contributed by atoms with van der Waals surface area (Å²) in [6, 6.07) is 0. The summed E-state index contributed by atoms with van der Waals surface area (Å²) in [4.78, 5) is 0. The molecule has 0 radical (unpaired) electrons. The van der Waals surface area contributed by atoms with Gasteiger partial charge in [0.2, 0.25) is 0 Å².